The predicted molar refractivity (Wildman–Crippen MR) is 91.7 cm³/mol. The fourth-order valence-electron chi connectivity index (χ4n) is 1.58. The van der Waals surface area contributed by atoms with Gasteiger partial charge in [-0.25, -0.2) is 9.59 Å². The molecule has 2 rings (SSSR count). The zero-order chi connectivity index (χ0) is 19.7. The zero-order valence-electron chi connectivity index (χ0n) is 14.2. The van der Waals surface area contributed by atoms with Crippen LogP contribution in [0.15, 0.2) is 48.5 Å². The SMILES string of the molecule is CC(Oc1ccc(O)cc1)C(=O)O.CC(Oc1ccccc1O)C(=O)O. The number of benzene rings is 2. The van der Waals surface area contributed by atoms with Crippen molar-refractivity contribution in [3.8, 4) is 23.0 Å². The molecule has 0 aliphatic rings. The van der Waals surface area contributed by atoms with E-state index in [9.17, 15) is 14.7 Å². The van der Waals surface area contributed by atoms with Crippen LogP contribution in [-0.2, 0) is 9.59 Å². The smallest absolute Gasteiger partial charge is 0.344 e. The van der Waals surface area contributed by atoms with Gasteiger partial charge in [0.1, 0.15) is 11.5 Å². The van der Waals surface area contributed by atoms with Crippen LogP contribution in [0.2, 0.25) is 0 Å². The van der Waals surface area contributed by atoms with Crippen molar-refractivity contribution in [2.75, 3.05) is 0 Å². The predicted octanol–water partition coefficient (Wildman–Crippen LogP) is 2.49. The molecular formula is C18H20O8. The maximum Gasteiger partial charge on any atom is 0.344 e. The zero-order valence-corrected chi connectivity index (χ0v) is 14.2. The molecular weight excluding hydrogens is 344 g/mol. The molecule has 2 aromatic rings. The fourth-order valence-corrected chi connectivity index (χ4v) is 1.58. The first kappa shape index (κ1) is 20.6. The van der Waals surface area contributed by atoms with E-state index >= 15 is 0 Å². The summed E-state index contributed by atoms with van der Waals surface area (Å²) in [5, 5.41) is 35.2. The van der Waals surface area contributed by atoms with Crippen molar-refractivity contribution < 1.29 is 39.5 Å². The number of rotatable bonds is 6. The van der Waals surface area contributed by atoms with E-state index in [0.29, 0.717) is 5.75 Å². The number of hydrogen-bond acceptors (Lipinski definition) is 6. The van der Waals surface area contributed by atoms with Crippen LogP contribution >= 0.6 is 0 Å². The highest BCUT2D eigenvalue weighted by molar-refractivity contribution is 5.72. The van der Waals surface area contributed by atoms with Gasteiger partial charge in [-0.2, -0.15) is 0 Å². The maximum atomic E-state index is 10.4. The Morgan fingerprint density at radius 2 is 1.31 bits per heavy atom. The summed E-state index contributed by atoms with van der Waals surface area (Å²) < 4.78 is 9.98. The van der Waals surface area contributed by atoms with Crippen LogP contribution in [0.3, 0.4) is 0 Å². The summed E-state index contributed by atoms with van der Waals surface area (Å²) in [5.74, 6) is -1.42. The highest BCUT2D eigenvalue weighted by Gasteiger charge is 2.14. The maximum absolute atomic E-state index is 10.4. The fraction of sp³-hybridized carbons (Fsp3) is 0.222. The summed E-state index contributed by atoms with van der Waals surface area (Å²) in [6.07, 6.45) is -1.85. The number of para-hydroxylation sites is 2. The first-order valence-corrected chi connectivity index (χ1v) is 7.56. The van der Waals surface area contributed by atoms with E-state index in [1.165, 1.54) is 50.2 Å². The second-order valence-corrected chi connectivity index (χ2v) is 5.16. The van der Waals surface area contributed by atoms with Gasteiger partial charge in [-0.3, -0.25) is 0 Å². The Morgan fingerprint density at radius 3 is 1.81 bits per heavy atom. The second kappa shape index (κ2) is 9.77. The molecule has 8 nitrogen and oxygen atoms in total. The molecule has 4 N–H and O–H groups in total. The highest BCUT2D eigenvalue weighted by Crippen LogP contribution is 2.25. The lowest BCUT2D eigenvalue weighted by atomic mass is 10.3. The standard InChI is InChI=1S/2C9H10O4/c1-6(9(11)12)13-8-4-2-7(10)3-5-8;1-6(9(11)12)13-8-5-3-2-4-7(8)10/h2*2-6,10H,1H3,(H,11,12). The lowest BCUT2D eigenvalue weighted by Crippen LogP contribution is -2.22. The summed E-state index contributed by atoms with van der Waals surface area (Å²) in [6, 6.07) is 12.1. The summed E-state index contributed by atoms with van der Waals surface area (Å²) in [5.41, 5.74) is 0. The normalized spacial score (nSPS) is 12.1. The average Bonchev–Trinajstić information content (AvgIpc) is 2.59. The second-order valence-electron chi connectivity index (χ2n) is 5.16. The third-order valence-corrected chi connectivity index (χ3v) is 3.01. The molecule has 0 fully saturated rings. The van der Waals surface area contributed by atoms with Gasteiger partial charge in [0, 0.05) is 0 Å². The van der Waals surface area contributed by atoms with E-state index < -0.39 is 24.1 Å². The molecule has 0 bridgehead atoms. The number of aromatic hydroxyl groups is 2. The summed E-state index contributed by atoms with van der Waals surface area (Å²) >= 11 is 0. The Morgan fingerprint density at radius 1 is 0.808 bits per heavy atom. The van der Waals surface area contributed by atoms with Gasteiger partial charge >= 0.3 is 11.9 Å². The van der Waals surface area contributed by atoms with Gasteiger partial charge in [-0.15, -0.1) is 0 Å². The molecule has 8 heteroatoms. The van der Waals surface area contributed by atoms with Crippen molar-refractivity contribution in [1.82, 2.24) is 0 Å². The topological polar surface area (TPSA) is 134 Å². The van der Waals surface area contributed by atoms with Gasteiger partial charge in [0.2, 0.25) is 0 Å². The molecule has 2 aromatic carbocycles. The quantitative estimate of drug-likeness (QED) is 0.614. The molecule has 140 valence electrons. The summed E-state index contributed by atoms with van der Waals surface area (Å²) in [6.45, 7) is 2.84. The number of aliphatic carboxylic acids is 2. The number of carbonyl (C=O) groups is 2. The van der Waals surface area contributed by atoms with Crippen LogP contribution in [0.4, 0.5) is 0 Å². The molecule has 0 amide bonds. The Bertz CT molecular complexity index is 726. The van der Waals surface area contributed by atoms with E-state index in [0.717, 1.165) is 0 Å². The van der Waals surface area contributed by atoms with Crippen LogP contribution in [0.1, 0.15) is 13.8 Å². The summed E-state index contributed by atoms with van der Waals surface area (Å²) in [7, 11) is 0. The van der Waals surface area contributed by atoms with Gasteiger partial charge in [0.05, 0.1) is 0 Å². The van der Waals surface area contributed by atoms with Gasteiger partial charge in [-0.05, 0) is 50.2 Å². The number of carboxylic acid groups (broad SMARTS) is 2. The lowest BCUT2D eigenvalue weighted by molar-refractivity contribution is -0.145. The molecule has 0 aromatic heterocycles. The van der Waals surface area contributed by atoms with Crippen LogP contribution in [0, 0.1) is 0 Å². The van der Waals surface area contributed by atoms with Gasteiger partial charge < -0.3 is 29.9 Å². The molecule has 0 spiro atoms. The van der Waals surface area contributed by atoms with Crippen molar-refractivity contribution in [2.45, 2.75) is 26.1 Å². The first-order valence-electron chi connectivity index (χ1n) is 7.56. The molecule has 0 saturated heterocycles. The van der Waals surface area contributed by atoms with E-state index in [1.807, 2.05) is 0 Å². The third-order valence-electron chi connectivity index (χ3n) is 3.01. The first-order chi connectivity index (χ1) is 12.2. The molecule has 2 atom stereocenters. The number of carboxylic acids is 2. The van der Waals surface area contributed by atoms with E-state index in [-0.39, 0.29) is 17.2 Å². The number of phenolic OH excluding ortho intramolecular Hbond substituents is 2. The third kappa shape index (κ3) is 7.00. The minimum atomic E-state index is -1.07. The highest BCUT2D eigenvalue weighted by atomic mass is 16.5. The molecule has 0 aliphatic carbocycles. The monoisotopic (exact) mass is 364 g/mol. The molecule has 26 heavy (non-hydrogen) atoms. The van der Waals surface area contributed by atoms with Crippen LogP contribution in [0.25, 0.3) is 0 Å². The van der Waals surface area contributed by atoms with Crippen LogP contribution < -0.4 is 9.47 Å². The largest absolute Gasteiger partial charge is 0.508 e. The van der Waals surface area contributed by atoms with Crippen molar-refractivity contribution in [2.24, 2.45) is 0 Å². The molecule has 0 aliphatic heterocycles. The van der Waals surface area contributed by atoms with Crippen LogP contribution in [0.5, 0.6) is 23.0 Å². The number of hydrogen-bond donors (Lipinski definition) is 4. The van der Waals surface area contributed by atoms with Crippen molar-refractivity contribution in [3.05, 3.63) is 48.5 Å². The summed E-state index contributed by atoms with van der Waals surface area (Å²) in [4.78, 5) is 20.8. The van der Waals surface area contributed by atoms with E-state index in [2.05, 4.69) is 0 Å². The van der Waals surface area contributed by atoms with Gasteiger partial charge in [-0.1, -0.05) is 12.1 Å². The number of phenols is 2. The Hall–Kier alpha value is -3.42. The lowest BCUT2D eigenvalue weighted by Gasteiger charge is -2.10. The minimum Gasteiger partial charge on any atom is -0.508 e. The van der Waals surface area contributed by atoms with Gasteiger partial charge in [0.25, 0.3) is 0 Å². The number of ether oxygens (including phenoxy) is 2. The molecule has 0 heterocycles. The van der Waals surface area contributed by atoms with Crippen LogP contribution in [-0.4, -0.2) is 44.6 Å². The van der Waals surface area contributed by atoms with Crippen molar-refractivity contribution >= 4 is 11.9 Å². The van der Waals surface area contributed by atoms with Crippen molar-refractivity contribution in [3.63, 3.8) is 0 Å². The Kier molecular flexibility index (Phi) is 7.75. The van der Waals surface area contributed by atoms with Gasteiger partial charge in [0.15, 0.2) is 23.7 Å². The molecule has 0 radical (unpaired) electrons. The average molecular weight is 364 g/mol. The Labute approximate surface area is 149 Å². The molecule has 2 unspecified atom stereocenters. The molecule has 0 saturated carbocycles. The minimum absolute atomic E-state index is 0.0596. The Balaban J connectivity index is 0.000000260. The van der Waals surface area contributed by atoms with E-state index in [4.69, 9.17) is 24.8 Å². The van der Waals surface area contributed by atoms with E-state index in [1.54, 1.807) is 12.1 Å². The van der Waals surface area contributed by atoms with Crippen molar-refractivity contribution in [1.29, 1.82) is 0 Å².